The highest BCUT2D eigenvalue weighted by Crippen LogP contribution is 1.70. The number of nitrogens with one attached hydrogen (secondary N) is 1. The Morgan fingerprint density at radius 2 is 2.50 bits per heavy atom. The largest absolute Gasteiger partial charge is 0.280 e. The van der Waals surface area contributed by atoms with Gasteiger partial charge in [0.15, 0.2) is 0 Å². The molecule has 0 saturated heterocycles. The summed E-state index contributed by atoms with van der Waals surface area (Å²) in [5.74, 6) is 4.67. The van der Waals surface area contributed by atoms with Crippen molar-refractivity contribution in [2.24, 2.45) is 5.84 Å². The standard InChI is InChI=1S/C2H5ClN2O/c3-2(6)1-5-4/h5H,1,4H2. The second-order valence-corrected chi connectivity index (χ2v) is 1.16. The summed E-state index contributed by atoms with van der Waals surface area (Å²) in [5, 5.41) is -0.475. The van der Waals surface area contributed by atoms with E-state index in [2.05, 4.69) is 11.3 Å². The fraction of sp³-hybridized carbons (Fsp3) is 0.500. The van der Waals surface area contributed by atoms with Crippen LogP contribution in [0.3, 0.4) is 0 Å². The van der Waals surface area contributed by atoms with Crippen LogP contribution >= 0.6 is 11.6 Å². The van der Waals surface area contributed by atoms with Crippen LogP contribution in [-0.4, -0.2) is 11.8 Å². The van der Waals surface area contributed by atoms with E-state index >= 15 is 0 Å². The average Bonchev–Trinajstić information content (AvgIpc) is 1.35. The zero-order valence-corrected chi connectivity index (χ0v) is 3.83. The van der Waals surface area contributed by atoms with Crippen LogP contribution in [0.25, 0.3) is 0 Å². The Labute approximate surface area is 40.4 Å². The molecule has 6 heavy (non-hydrogen) atoms. The Hall–Kier alpha value is -0.120. The van der Waals surface area contributed by atoms with E-state index in [0.717, 1.165) is 0 Å². The second kappa shape index (κ2) is 3.08. The monoisotopic (exact) mass is 108 g/mol. The average molecular weight is 109 g/mol. The first kappa shape index (κ1) is 5.88. The summed E-state index contributed by atoms with van der Waals surface area (Å²) in [6.07, 6.45) is 0. The van der Waals surface area contributed by atoms with Gasteiger partial charge in [-0.1, -0.05) is 0 Å². The molecule has 0 aromatic carbocycles. The number of carbonyl (C=O) groups is 1. The molecule has 0 amide bonds. The maximum Gasteiger partial charge on any atom is 0.236 e. The molecule has 0 spiro atoms. The molecule has 0 unspecified atom stereocenters. The molecule has 0 aliphatic carbocycles. The quantitative estimate of drug-likeness (QED) is 0.277. The van der Waals surface area contributed by atoms with Gasteiger partial charge in [-0.2, -0.15) is 0 Å². The maximum absolute atomic E-state index is 9.67. The van der Waals surface area contributed by atoms with Gasteiger partial charge in [-0.15, -0.1) is 0 Å². The third kappa shape index (κ3) is 3.88. The number of hydrazine groups is 1. The first-order chi connectivity index (χ1) is 2.77. The number of nitrogens with two attached hydrogens (primary N) is 1. The Balaban J connectivity index is 2.83. The van der Waals surface area contributed by atoms with Crippen molar-refractivity contribution in [1.82, 2.24) is 5.43 Å². The van der Waals surface area contributed by atoms with Crippen LogP contribution in [0.4, 0.5) is 0 Å². The SMILES string of the molecule is NNCC(=O)Cl. The number of hydrogen-bond acceptors (Lipinski definition) is 3. The normalized spacial score (nSPS) is 8.33. The first-order valence-electron chi connectivity index (χ1n) is 1.39. The Bertz CT molecular complexity index is 55.5. The Kier molecular flexibility index (Phi) is 3.02. The molecule has 3 N–H and O–H groups in total. The molecule has 0 saturated carbocycles. The highest BCUT2D eigenvalue weighted by molar-refractivity contribution is 6.64. The molecule has 0 rings (SSSR count). The van der Waals surface area contributed by atoms with Crippen LogP contribution in [0.15, 0.2) is 0 Å². The topological polar surface area (TPSA) is 55.1 Å². The lowest BCUT2D eigenvalue weighted by atomic mass is 10.8. The molecule has 0 aromatic rings. The Morgan fingerprint density at radius 1 is 2.00 bits per heavy atom. The summed E-state index contributed by atoms with van der Waals surface area (Å²) in [7, 11) is 0. The number of rotatable bonds is 2. The van der Waals surface area contributed by atoms with Crippen LogP contribution in [0, 0.1) is 0 Å². The van der Waals surface area contributed by atoms with Gasteiger partial charge >= 0.3 is 0 Å². The van der Waals surface area contributed by atoms with E-state index in [1.165, 1.54) is 0 Å². The molecule has 0 atom stereocenters. The predicted molar refractivity (Wildman–Crippen MR) is 23.1 cm³/mol. The number of halogens is 1. The fourth-order valence-electron chi connectivity index (χ4n) is 0.0802. The first-order valence-corrected chi connectivity index (χ1v) is 1.77. The minimum absolute atomic E-state index is 0.0293. The molecule has 0 aromatic heterocycles. The van der Waals surface area contributed by atoms with Gasteiger partial charge in [0.2, 0.25) is 5.24 Å². The maximum atomic E-state index is 9.67. The van der Waals surface area contributed by atoms with Gasteiger partial charge in [0.25, 0.3) is 0 Å². The van der Waals surface area contributed by atoms with Crippen LogP contribution in [0.1, 0.15) is 0 Å². The van der Waals surface area contributed by atoms with Crippen LogP contribution in [-0.2, 0) is 4.79 Å². The van der Waals surface area contributed by atoms with Gasteiger partial charge in [0, 0.05) is 0 Å². The van der Waals surface area contributed by atoms with Gasteiger partial charge in [-0.3, -0.25) is 16.1 Å². The van der Waals surface area contributed by atoms with Gasteiger partial charge in [0.05, 0.1) is 6.54 Å². The molecule has 0 heterocycles. The van der Waals surface area contributed by atoms with E-state index in [4.69, 9.17) is 11.6 Å². The van der Waals surface area contributed by atoms with Crippen molar-refractivity contribution in [3.63, 3.8) is 0 Å². The zero-order valence-electron chi connectivity index (χ0n) is 3.07. The summed E-state index contributed by atoms with van der Waals surface area (Å²) in [4.78, 5) is 9.67. The second-order valence-electron chi connectivity index (χ2n) is 0.736. The van der Waals surface area contributed by atoms with Crippen molar-refractivity contribution in [3.05, 3.63) is 0 Å². The van der Waals surface area contributed by atoms with E-state index in [0.29, 0.717) is 0 Å². The molecule has 0 fully saturated rings. The third-order valence-corrected chi connectivity index (χ3v) is 0.375. The van der Waals surface area contributed by atoms with Crippen molar-refractivity contribution >= 4 is 16.8 Å². The minimum Gasteiger partial charge on any atom is -0.280 e. The minimum atomic E-state index is -0.475. The van der Waals surface area contributed by atoms with Gasteiger partial charge in [-0.05, 0) is 11.6 Å². The molecule has 0 bridgehead atoms. The molecule has 0 radical (unpaired) electrons. The third-order valence-electron chi connectivity index (χ3n) is 0.241. The van der Waals surface area contributed by atoms with E-state index in [1.807, 2.05) is 0 Å². The summed E-state index contributed by atoms with van der Waals surface area (Å²) < 4.78 is 0. The molecule has 3 nitrogen and oxygen atoms in total. The molecular formula is C2H5ClN2O. The Morgan fingerprint density at radius 3 is 2.50 bits per heavy atom. The lowest BCUT2D eigenvalue weighted by Gasteiger charge is -1.83. The van der Waals surface area contributed by atoms with Crippen LogP contribution in [0.5, 0.6) is 0 Å². The summed E-state index contributed by atoms with van der Waals surface area (Å²) in [6, 6.07) is 0. The highest BCUT2D eigenvalue weighted by atomic mass is 35.5. The van der Waals surface area contributed by atoms with Crippen molar-refractivity contribution in [3.8, 4) is 0 Å². The number of hydrogen-bond donors (Lipinski definition) is 2. The van der Waals surface area contributed by atoms with Crippen molar-refractivity contribution in [1.29, 1.82) is 0 Å². The van der Waals surface area contributed by atoms with Crippen molar-refractivity contribution in [2.45, 2.75) is 0 Å². The smallest absolute Gasteiger partial charge is 0.236 e. The summed E-state index contributed by atoms with van der Waals surface area (Å²) in [5.41, 5.74) is 2.09. The lowest BCUT2D eigenvalue weighted by molar-refractivity contribution is -0.110. The summed E-state index contributed by atoms with van der Waals surface area (Å²) in [6.45, 7) is 0.0293. The van der Waals surface area contributed by atoms with Gasteiger partial charge < -0.3 is 0 Å². The van der Waals surface area contributed by atoms with Gasteiger partial charge in [-0.25, -0.2) is 0 Å². The molecule has 0 aliphatic heterocycles. The van der Waals surface area contributed by atoms with E-state index in [-0.39, 0.29) is 6.54 Å². The zero-order chi connectivity index (χ0) is 4.99. The summed E-state index contributed by atoms with van der Waals surface area (Å²) >= 11 is 4.80. The molecular weight excluding hydrogens is 103 g/mol. The van der Waals surface area contributed by atoms with E-state index in [9.17, 15) is 4.79 Å². The number of carbonyl (C=O) groups excluding carboxylic acids is 1. The van der Waals surface area contributed by atoms with Gasteiger partial charge in [0.1, 0.15) is 0 Å². The van der Waals surface area contributed by atoms with E-state index in [1.54, 1.807) is 0 Å². The van der Waals surface area contributed by atoms with E-state index < -0.39 is 5.24 Å². The predicted octanol–water partition coefficient (Wildman–Crippen LogP) is -0.785. The molecule has 0 aliphatic rings. The van der Waals surface area contributed by atoms with Crippen LogP contribution in [0.2, 0.25) is 0 Å². The van der Waals surface area contributed by atoms with Crippen molar-refractivity contribution < 1.29 is 4.79 Å². The molecule has 36 valence electrons. The molecule has 4 heteroatoms. The highest BCUT2D eigenvalue weighted by Gasteiger charge is 1.86. The van der Waals surface area contributed by atoms with Crippen molar-refractivity contribution in [2.75, 3.05) is 6.54 Å². The fourth-order valence-corrected chi connectivity index (χ4v) is 0.157. The lowest BCUT2D eigenvalue weighted by Crippen LogP contribution is -2.26. The van der Waals surface area contributed by atoms with Crippen LogP contribution < -0.4 is 11.3 Å².